The molecule has 2 aromatic carbocycles. The van der Waals surface area contributed by atoms with Crippen LogP contribution in [0.4, 0.5) is 5.69 Å². The van der Waals surface area contributed by atoms with E-state index in [-0.39, 0.29) is 5.56 Å². The number of morpholine rings is 1. The Bertz CT molecular complexity index is 1410. The number of hydrogen-bond acceptors (Lipinski definition) is 6. The Hall–Kier alpha value is -3.33. The summed E-state index contributed by atoms with van der Waals surface area (Å²) in [5.74, 6) is 1.32. The zero-order valence-electron chi connectivity index (χ0n) is 21.0. The lowest BCUT2D eigenvalue weighted by atomic mass is 10.1. The first-order chi connectivity index (χ1) is 18.1. The van der Waals surface area contributed by atoms with Crippen LogP contribution in [0, 0.1) is 6.92 Å². The lowest BCUT2D eigenvalue weighted by Crippen LogP contribution is -2.37. The highest BCUT2D eigenvalue weighted by atomic mass is 35.5. The molecule has 5 rings (SSSR count). The number of rotatable bonds is 10. The van der Waals surface area contributed by atoms with Gasteiger partial charge in [-0.1, -0.05) is 23.7 Å². The van der Waals surface area contributed by atoms with Crippen molar-refractivity contribution in [1.29, 1.82) is 0 Å². The molecule has 3 N–H and O–H groups in total. The summed E-state index contributed by atoms with van der Waals surface area (Å²) in [7, 11) is 0. The fraction of sp³-hybridized carbons (Fsp3) is 0.357. The van der Waals surface area contributed by atoms with Gasteiger partial charge in [-0.15, -0.1) is 0 Å². The van der Waals surface area contributed by atoms with Crippen LogP contribution in [0.15, 0.2) is 53.5 Å². The number of ether oxygens (including phenoxy) is 2. The molecule has 1 fully saturated rings. The molecule has 9 heteroatoms. The van der Waals surface area contributed by atoms with Gasteiger partial charge < -0.3 is 24.8 Å². The summed E-state index contributed by atoms with van der Waals surface area (Å²) in [4.78, 5) is 26.1. The third-order valence-corrected chi connectivity index (χ3v) is 6.79. The summed E-state index contributed by atoms with van der Waals surface area (Å²) in [6, 6.07) is 13.6. The number of halogens is 1. The van der Waals surface area contributed by atoms with E-state index in [0.717, 1.165) is 79.3 Å². The van der Waals surface area contributed by atoms with E-state index in [0.29, 0.717) is 29.6 Å². The molecule has 1 saturated heterocycles. The number of H-pyrrole nitrogens is 2. The number of anilines is 1. The largest absolute Gasteiger partial charge is 0.493 e. The van der Waals surface area contributed by atoms with Gasteiger partial charge in [0.15, 0.2) is 0 Å². The van der Waals surface area contributed by atoms with E-state index >= 15 is 0 Å². The van der Waals surface area contributed by atoms with Gasteiger partial charge in [0.2, 0.25) is 0 Å². The number of benzene rings is 2. The first-order valence-electron chi connectivity index (χ1n) is 12.7. The Morgan fingerprint density at radius 2 is 2.05 bits per heavy atom. The van der Waals surface area contributed by atoms with E-state index in [4.69, 9.17) is 26.1 Å². The molecule has 1 aliphatic rings. The molecule has 0 atom stereocenters. The monoisotopic (exact) mass is 521 g/mol. The molecule has 0 amide bonds. The summed E-state index contributed by atoms with van der Waals surface area (Å²) < 4.78 is 11.5. The fourth-order valence-electron chi connectivity index (χ4n) is 4.66. The molecule has 0 aliphatic carbocycles. The van der Waals surface area contributed by atoms with Crippen molar-refractivity contribution in [2.24, 2.45) is 0 Å². The van der Waals surface area contributed by atoms with Crippen molar-refractivity contribution < 1.29 is 9.47 Å². The molecule has 3 heterocycles. The van der Waals surface area contributed by atoms with E-state index in [2.05, 4.69) is 20.2 Å². The normalized spacial score (nSPS) is 14.2. The molecule has 0 saturated carbocycles. The van der Waals surface area contributed by atoms with Crippen molar-refractivity contribution in [3.63, 3.8) is 0 Å². The topological polar surface area (TPSA) is 95.3 Å². The SMILES string of the molecule is Cc1cc(OCCCN2CCOCC2)cc2[nH]c(-c3c(NCCc4cccc(Cl)c4)cc[nH]c3=O)nc12. The van der Waals surface area contributed by atoms with E-state index in [1.807, 2.05) is 49.4 Å². The lowest BCUT2D eigenvalue weighted by molar-refractivity contribution is 0.0358. The van der Waals surface area contributed by atoms with E-state index in [1.54, 1.807) is 6.20 Å². The van der Waals surface area contributed by atoms with Crippen LogP contribution in [0.2, 0.25) is 5.02 Å². The number of nitrogens with zero attached hydrogens (tertiary/aromatic N) is 2. The third-order valence-electron chi connectivity index (χ3n) is 6.56. The van der Waals surface area contributed by atoms with Crippen LogP contribution in [-0.2, 0) is 11.2 Å². The van der Waals surface area contributed by atoms with Crippen LogP contribution in [0.1, 0.15) is 17.5 Å². The summed E-state index contributed by atoms with van der Waals surface area (Å²) in [6.45, 7) is 7.89. The molecule has 0 spiro atoms. The van der Waals surface area contributed by atoms with Crippen molar-refractivity contribution >= 4 is 28.3 Å². The van der Waals surface area contributed by atoms with Crippen LogP contribution in [0.25, 0.3) is 22.4 Å². The molecule has 194 valence electrons. The highest BCUT2D eigenvalue weighted by Crippen LogP contribution is 2.28. The maximum atomic E-state index is 12.8. The Morgan fingerprint density at radius 1 is 1.19 bits per heavy atom. The number of nitrogens with one attached hydrogen (secondary N) is 3. The molecule has 4 aromatic rings. The van der Waals surface area contributed by atoms with Crippen molar-refractivity contribution in [3.05, 3.63) is 75.2 Å². The van der Waals surface area contributed by atoms with Crippen LogP contribution in [-0.4, -0.2) is 65.9 Å². The molecule has 0 bridgehead atoms. The van der Waals surface area contributed by atoms with Crippen LogP contribution in [0.5, 0.6) is 5.75 Å². The average molecular weight is 522 g/mol. The van der Waals surface area contributed by atoms with Gasteiger partial charge in [-0.2, -0.15) is 0 Å². The number of aryl methyl sites for hydroxylation is 1. The Morgan fingerprint density at radius 3 is 2.89 bits per heavy atom. The van der Waals surface area contributed by atoms with Gasteiger partial charge in [0, 0.05) is 43.5 Å². The van der Waals surface area contributed by atoms with Crippen LogP contribution in [0.3, 0.4) is 0 Å². The van der Waals surface area contributed by atoms with Crippen molar-refractivity contribution in [1.82, 2.24) is 19.9 Å². The van der Waals surface area contributed by atoms with Crippen molar-refractivity contribution in [2.45, 2.75) is 19.8 Å². The molecular formula is C28H32ClN5O3. The number of imidazole rings is 1. The first-order valence-corrected chi connectivity index (χ1v) is 13.1. The van der Waals surface area contributed by atoms with Crippen molar-refractivity contribution in [3.8, 4) is 17.1 Å². The molecule has 2 aromatic heterocycles. The number of aromatic amines is 2. The predicted octanol–water partition coefficient (Wildman–Crippen LogP) is 4.64. The Kier molecular flexibility index (Phi) is 8.08. The average Bonchev–Trinajstić information content (AvgIpc) is 3.32. The quantitative estimate of drug-likeness (QED) is 0.263. The smallest absolute Gasteiger partial charge is 0.261 e. The highest BCUT2D eigenvalue weighted by Gasteiger charge is 2.16. The van der Waals surface area contributed by atoms with E-state index in [1.165, 1.54) is 0 Å². The number of pyridine rings is 1. The van der Waals surface area contributed by atoms with E-state index in [9.17, 15) is 4.79 Å². The summed E-state index contributed by atoms with van der Waals surface area (Å²) in [5, 5.41) is 4.11. The second-order valence-electron chi connectivity index (χ2n) is 9.28. The molecule has 0 radical (unpaired) electrons. The molecule has 0 unspecified atom stereocenters. The fourth-order valence-corrected chi connectivity index (χ4v) is 4.87. The molecular weight excluding hydrogens is 490 g/mol. The maximum absolute atomic E-state index is 12.8. The minimum absolute atomic E-state index is 0.205. The number of hydrogen-bond donors (Lipinski definition) is 3. The van der Waals surface area contributed by atoms with Crippen LogP contribution >= 0.6 is 11.6 Å². The predicted molar refractivity (Wildman–Crippen MR) is 148 cm³/mol. The van der Waals surface area contributed by atoms with Crippen LogP contribution < -0.4 is 15.6 Å². The highest BCUT2D eigenvalue weighted by molar-refractivity contribution is 6.30. The van der Waals surface area contributed by atoms with Gasteiger partial charge in [-0.25, -0.2) is 4.98 Å². The van der Waals surface area contributed by atoms with Crippen molar-refractivity contribution in [2.75, 3.05) is 51.3 Å². The zero-order valence-corrected chi connectivity index (χ0v) is 21.7. The van der Waals surface area contributed by atoms with Gasteiger partial charge in [0.1, 0.15) is 17.1 Å². The maximum Gasteiger partial charge on any atom is 0.261 e. The second kappa shape index (κ2) is 11.8. The third kappa shape index (κ3) is 6.33. The molecule has 37 heavy (non-hydrogen) atoms. The van der Waals surface area contributed by atoms with Gasteiger partial charge in [-0.05, 0) is 55.2 Å². The summed E-state index contributed by atoms with van der Waals surface area (Å²) >= 11 is 6.10. The van der Waals surface area contributed by atoms with Gasteiger partial charge >= 0.3 is 0 Å². The second-order valence-corrected chi connectivity index (χ2v) is 9.72. The Labute approximate surface area is 221 Å². The summed E-state index contributed by atoms with van der Waals surface area (Å²) in [6.07, 6.45) is 3.37. The van der Waals surface area contributed by atoms with Gasteiger partial charge in [0.25, 0.3) is 5.56 Å². The first kappa shape index (κ1) is 25.3. The van der Waals surface area contributed by atoms with E-state index < -0.39 is 0 Å². The summed E-state index contributed by atoms with van der Waals surface area (Å²) in [5.41, 5.74) is 4.78. The molecule has 8 nitrogen and oxygen atoms in total. The minimum Gasteiger partial charge on any atom is -0.493 e. The molecule has 1 aliphatic heterocycles. The van der Waals surface area contributed by atoms with Gasteiger partial charge in [0.05, 0.1) is 36.5 Å². The number of fused-ring (bicyclic) bond motifs is 1. The Balaban J connectivity index is 1.28. The van der Waals surface area contributed by atoms with Gasteiger partial charge in [-0.3, -0.25) is 9.69 Å². The standard InChI is InChI=1S/C28H32ClN5O3/c1-19-16-22(37-13-3-10-34-11-14-36-15-12-34)18-24-26(19)33-27(32-24)25-23(7-9-31-28(25)35)30-8-6-20-4-2-5-21(29)17-20/h2,4-5,7,9,16-18H,3,6,8,10-15H2,1H3,(H,32,33)(H2,30,31,35). The number of aromatic nitrogens is 3. The minimum atomic E-state index is -0.205. The lowest BCUT2D eigenvalue weighted by Gasteiger charge is -2.26. The zero-order chi connectivity index (χ0) is 25.6.